The Kier molecular flexibility index (Phi) is 12.1. The van der Waals surface area contributed by atoms with E-state index in [1.54, 1.807) is 11.8 Å². The molecule has 0 unspecified atom stereocenters. The first-order valence-corrected chi connectivity index (χ1v) is 13.2. The molecule has 6 N–H and O–H groups in total. The van der Waals surface area contributed by atoms with E-state index in [1.165, 1.54) is 25.1 Å². The van der Waals surface area contributed by atoms with Crippen LogP contribution < -0.4 is 16.4 Å². The molecule has 0 saturated heterocycles. The number of aliphatic hydroxyl groups excluding tert-OH is 2. The van der Waals surface area contributed by atoms with Gasteiger partial charge in [-0.25, -0.2) is 0 Å². The van der Waals surface area contributed by atoms with E-state index in [0.717, 1.165) is 18.4 Å². The lowest BCUT2D eigenvalue weighted by atomic mass is 9.94. The molecule has 0 bridgehead atoms. The summed E-state index contributed by atoms with van der Waals surface area (Å²) in [6.07, 6.45) is -1.20. The number of aliphatic hydroxyl groups is 2. The van der Waals surface area contributed by atoms with Crippen LogP contribution in [-0.4, -0.2) is 76.1 Å². The number of amides is 4. The lowest BCUT2D eigenvalue weighted by Crippen LogP contribution is -2.55. The van der Waals surface area contributed by atoms with Gasteiger partial charge in [0.05, 0.1) is 12.1 Å². The highest BCUT2D eigenvalue weighted by Crippen LogP contribution is 2.16. The van der Waals surface area contributed by atoms with Crippen molar-refractivity contribution < 1.29 is 29.4 Å². The van der Waals surface area contributed by atoms with E-state index in [4.69, 9.17) is 5.73 Å². The zero-order chi connectivity index (χ0) is 29.1. The molecular formula is C29H40N4O6. The number of benzene rings is 2. The molecular weight excluding hydrogens is 500 g/mol. The summed E-state index contributed by atoms with van der Waals surface area (Å²) in [7, 11) is 0. The molecule has 0 aliphatic heterocycles. The Balaban J connectivity index is 2.42. The maximum absolute atomic E-state index is 13.4. The van der Waals surface area contributed by atoms with Gasteiger partial charge in [-0.15, -0.1) is 0 Å². The van der Waals surface area contributed by atoms with Crippen molar-refractivity contribution in [2.24, 2.45) is 5.73 Å². The Hall–Kier alpha value is -3.76. The van der Waals surface area contributed by atoms with Gasteiger partial charge in [0.15, 0.2) is 0 Å². The summed E-state index contributed by atoms with van der Waals surface area (Å²) in [5.74, 6) is -2.16. The van der Waals surface area contributed by atoms with Crippen LogP contribution in [-0.2, 0) is 11.2 Å². The smallest absolute Gasteiger partial charge is 0.253 e. The summed E-state index contributed by atoms with van der Waals surface area (Å²) in [6, 6.07) is 11.4. The molecule has 2 rings (SSSR count). The van der Waals surface area contributed by atoms with E-state index in [1.807, 2.05) is 44.2 Å². The highest BCUT2D eigenvalue weighted by molar-refractivity contribution is 6.04. The summed E-state index contributed by atoms with van der Waals surface area (Å²) in [6.45, 7) is 7.78. The lowest BCUT2D eigenvalue weighted by molar-refractivity contribution is -0.121. The van der Waals surface area contributed by atoms with Crippen LogP contribution in [0.4, 0.5) is 0 Å². The number of hydrogen-bond donors (Lipinski definition) is 5. The van der Waals surface area contributed by atoms with E-state index < -0.39 is 36.1 Å². The van der Waals surface area contributed by atoms with Crippen LogP contribution in [0.5, 0.6) is 0 Å². The number of nitrogens with zero attached hydrogens (tertiary/aromatic N) is 1. The van der Waals surface area contributed by atoms with Crippen molar-refractivity contribution in [3.63, 3.8) is 0 Å². The fourth-order valence-corrected chi connectivity index (χ4v) is 4.38. The summed E-state index contributed by atoms with van der Waals surface area (Å²) < 4.78 is 0. The highest BCUT2D eigenvalue weighted by Gasteiger charge is 2.32. The van der Waals surface area contributed by atoms with Crippen LogP contribution >= 0.6 is 0 Å². The minimum absolute atomic E-state index is 0.00146. The van der Waals surface area contributed by atoms with E-state index >= 15 is 0 Å². The standard InChI is InChI=1S/C29H40N4O6/c1-5-12-33(13-6-2)29(39)23-16-21(27(30)37)15-22(17-23)28(38)32-24(14-20-10-8-7-9-11-20)26(36)25(35)18(3)31-19(4)34/h7-11,15-18,24-26,35-36H,5-6,12-14H2,1-4H3,(H2,30,37)(H,31,34)(H,32,38)/t18-,24+,25+,26+/m0/s1. The molecule has 10 heteroatoms. The molecule has 212 valence electrons. The fourth-order valence-electron chi connectivity index (χ4n) is 4.38. The summed E-state index contributed by atoms with van der Waals surface area (Å²) in [5.41, 5.74) is 6.46. The zero-order valence-corrected chi connectivity index (χ0v) is 23.0. The molecule has 2 aromatic carbocycles. The maximum atomic E-state index is 13.4. The number of primary amides is 1. The molecule has 0 saturated carbocycles. The van der Waals surface area contributed by atoms with Crippen molar-refractivity contribution in [2.45, 2.75) is 71.2 Å². The van der Waals surface area contributed by atoms with Gasteiger partial charge in [0.1, 0.15) is 12.2 Å². The largest absolute Gasteiger partial charge is 0.388 e. The second-order valence-electron chi connectivity index (χ2n) is 9.70. The molecule has 0 radical (unpaired) electrons. The van der Waals surface area contributed by atoms with Crippen molar-refractivity contribution in [3.8, 4) is 0 Å². The highest BCUT2D eigenvalue weighted by atomic mass is 16.3. The van der Waals surface area contributed by atoms with Gasteiger partial charge in [0.25, 0.3) is 11.8 Å². The fraction of sp³-hybridized carbons (Fsp3) is 0.448. The van der Waals surface area contributed by atoms with Gasteiger partial charge >= 0.3 is 0 Å². The molecule has 0 fully saturated rings. The van der Waals surface area contributed by atoms with Crippen molar-refractivity contribution in [1.29, 1.82) is 0 Å². The lowest BCUT2D eigenvalue weighted by Gasteiger charge is -2.31. The Morgan fingerprint density at radius 3 is 1.97 bits per heavy atom. The van der Waals surface area contributed by atoms with Gasteiger partial charge in [0.2, 0.25) is 11.8 Å². The van der Waals surface area contributed by atoms with Gasteiger partial charge < -0.3 is 31.5 Å². The summed E-state index contributed by atoms with van der Waals surface area (Å²) >= 11 is 0. The van der Waals surface area contributed by atoms with Crippen LogP contribution in [0.2, 0.25) is 0 Å². The first kappa shape index (κ1) is 31.5. The predicted molar refractivity (Wildman–Crippen MR) is 148 cm³/mol. The third kappa shape index (κ3) is 9.19. The van der Waals surface area contributed by atoms with Crippen molar-refractivity contribution in [2.75, 3.05) is 13.1 Å². The molecule has 2 aromatic rings. The van der Waals surface area contributed by atoms with Crippen molar-refractivity contribution in [3.05, 3.63) is 70.8 Å². The number of nitrogens with two attached hydrogens (primary N) is 1. The molecule has 39 heavy (non-hydrogen) atoms. The zero-order valence-electron chi connectivity index (χ0n) is 23.0. The van der Waals surface area contributed by atoms with Gasteiger partial charge in [-0.2, -0.15) is 0 Å². The molecule has 0 aliphatic rings. The van der Waals surface area contributed by atoms with Crippen LogP contribution in [0.1, 0.15) is 77.2 Å². The molecule has 0 spiro atoms. The monoisotopic (exact) mass is 540 g/mol. The molecule has 10 nitrogen and oxygen atoms in total. The molecule has 0 heterocycles. The Morgan fingerprint density at radius 2 is 1.44 bits per heavy atom. The number of hydrogen-bond acceptors (Lipinski definition) is 6. The summed E-state index contributed by atoms with van der Waals surface area (Å²) in [4.78, 5) is 51.8. The number of rotatable bonds is 14. The van der Waals surface area contributed by atoms with E-state index in [9.17, 15) is 29.4 Å². The second kappa shape index (κ2) is 15.0. The molecule has 0 aromatic heterocycles. The third-order valence-corrected chi connectivity index (χ3v) is 6.32. The van der Waals surface area contributed by atoms with Gasteiger partial charge in [-0.3, -0.25) is 19.2 Å². The average Bonchev–Trinajstić information content (AvgIpc) is 2.91. The minimum Gasteiger partial charge on any atom is -0.388 e. The van der Waals surface area contributed by atoms with Crippen LogP contribution in [0.25, 0.3) is 0 Å². The maximum Gasteiger partial charge on any atom is 0.253 e. The number of nitrogens with one attached hydrogen (secondary N) is 2. The van der Waals surface area contributed by atoms with Gasteiger partial charge in [0, 0.05) is 36.7 Å². The van der Waals surface area contributed by atoms with Crippen molar-refractivity contribution in [1.82, 2.24) is 15.5 Å². The van der Waals surface area contributed by atoms with E-state index in [2.05, 4.69) is 10.6 Å². The van der Waals surface area contributed by atoms with Crippen LogP contribution in [0.15, 0.2) is 48.5 Å². The first-order valence-electron chi connectivity index (χ1n) is 13.2. The molecule has 4 amide bonds. The molecule has 0 aliphatic carbocycles. The SMILES string of the molecule is CCCN(CCC)C(=O)c1cc(C(N)=O)cc(C(=O)N[C@H](Cc2ccccc2)[C@@H](O)[C@H](O)[C@H](C)NC(C)=O)c1. The topological polar surface area (TPSA) is 162 Å². The van der Waals surface area contributed by atoms with Crippen LogP contribution in [0.3, 0.4) is 0 Å². The Morgan fingerprint density at radius 1 is 0.872 bits per heavy atom. The quantitative estimate of drug-likeness (QED) is 0.245. The number of carbonyl (C=O) groups excluding carboxylic acids is 4. The van der Waals surface area contributed by atoms with Crippen molar-refractivity contribution >= 4 is 23.6 Å². The Labute approximate surface area is 229 Å². The van der Waals surface area contributed by atoms with Gasteiger partial charge in [-0.05, 0) is 49.9 Å². The number of carbonyl (C=O) groups is 4. The first-order chi connectivity index (χ1) is 18.5. The second-order valence-corrected chi connectivity index (χ2v) is 9.70. The minimum atomic E-state index is -1.46. The normalized spacial score (nSPS) is 14.0. The van der Waals surface area contributed by atoms with Crippen LogP contribution in [0, 0.1) is 0 Å². The predicted octanol–water partition coefficient (Wildman–Crippen LogP) is 1.64. The average molecular weight is 541 g/mol. The van der Waals surface area contributed by atoms with E-state index in [0.29, 0.717) is 13.1 Å². The van der Waals surface area contributed by atoms with E-state index in [-0.39, 0.29) is 34.9 Å². The summed E-state index contributed by atoms with van der Waals surface area (Å²) in [5, 5.41) is 27.1. The van der Waals surface area contributed by atoms with Gasteiger partial charge in [-0.1, -0.05) is 44.2 Å². The third-order valence-electron chi connectivity index (χ3n) is 6.32. The molecule has 4 atom stereocenters. The Bertz CT molecular complexity index is 1130.